The molecule has 1 aromatic carbocycles. The second kappa shape index (κ2) is 8.79. The Morgan fingerprint density at radius 1 is 1.50 bits per heavy atom. The number of rotatable bonds is 5. The lowest BCUT2D eigenvalue weighted by Gasteiger charge is -2.10. The van der Waals surface area contributed by atoms with Gasteiger partial charge in [0.1, 0.15) is 12.4 Å². The zero-order valence-corrected chi connectivity index (χ0v) is 12.4. The Balaban J connectivity index is 0.00000200. The van der Waals surface area contributed by atoms with E-state index in [9.17, 15) is 4.79 Å². The Morgan fingerprint density at radius 3 is 3.15 bits per heavy atom. The summed E-state index contributed by atoms with van der Waals surface area (Å²) < 4.78 is 10.8. The number of amides is 1. The van der Waals surface area contributed by atoms with Crippen LogP contribution in [-0.2, 0) is 16.1 Å². The van der Waals surface area contributed by atoms with E-state index in [-0.39, 0.29) is 18.3 Å². The van der Waals surface area contributed by atoms with Crippen LogP contribution in [0.25, 0.3) is 0 Å². The molecule has 0 fully saturated rings. The molecule has 5 nitrogen and oxygen atoms in total. The summed E-state index contributed by atoms with van der Waals surface area (Å²) in [6, 6.07) is 5.72. The Hall–Kier alpha value is -1.30. The van der Waals surface area contributed by atoms with Gasteiger partial charge in [-0.25, -0.2) is 0 Å². The summed E-state index contributed by atoms with van der Waals surface area (Å²) in [6.07, 6.45) is 0.375. The Morgan fingerprint density at radius 2 is 2.35 bits per heavy atom. The molecule has 20 heavy (non-hydrogen) atoms. The number of ether oxygens (including phenoxy) is 2. The number of anilines is 1. The van der Waals surface area contributed by atoms with Gasteiger partial charge in [0, 0.05) is 30.9 Å². The minimum Gasteiger partial charge on any atom is -0.492 e. The molecule has 0 aliphatic carbocycles. The molecule has 6 heteroatoms. The molecule has 0 aromatic heterocycles. The number of carbonyl (C=O) groups excluding carboxylic acids is 1. The Kier molecular flexibility index (Phi) is 7.36. The van der Waals surface area contributed by atoms with Crippen LogP contribution in [0.4, 0.5) is 5.69 Å². The van der Waals surface area contributed by atoms with Crippen molar-refractivity contribution in [2.24, 2.45) is 0 Å². The summed E-state index contributed by atoms with van der Waals surface area (Å²) in [5, 5.41) is 6.14. The largest absolute Gasteiger partial charge is 0.492 e. The van der Waals surface area contributed by atoms with E-state index >= 15 is 0 Å². The maximum Gasteiger partial charge on any atom is 0.226 e. The molecule has 0 saturated carbocycles. The van der Waals surface area contributed by atoms with Gasteiger partial charge in [0.15, 0.2) is 0 Å². The first-order chi connectivity index (χ1) is 9.29. The molecular weight excluding hydrogens is 280 g/mol. The first-order valence-corrected chi connectivity index (χ1v) is 6.63. The van der Waals surface area contributed by atoms with Crippen LogP contribution < -0.4 is 15.4 Å². The van der Waals surface area contributed by atoms with Gasteiger partial charge in [0.25, 0.3) is 0 Å². The summed E-state index contributed by atoms with van der Waals surface area (Å²) in [7, 11) is 0. The van der Waals surface area contributed by atoms with Gasteiger partial charge in [-0.15, -0.1) is 12.4 Å². The monoisotopic (exact) mass is 300 g/mol. The maximum atomic E-state index is 11.7. The van der Waals surface area contributed by atoms with Gasteiger partial charge in [-0.2, -0.15) is 0 Å². The summed E-state index contributed by atoms with van der Waals surface area (Å²) >= 11 is 0. The van der Waals surface area contributed by atoms with Crippen molar-refractivity contribution in [2.45, 2.75) is 19.9 Å². The van der Waals surface area contributed by atoms with Crippen molar-refractivity contribution in [3.05, 3.63) is 23.8 Å². The molecule has 1 aliphatic heterocycles. The SMILES string of the molecule is CCOCCC(=O)Nc1ccc2c(c1)CNCCO2.Cl. The number of hydrogen-bond acceptors (Lipinski definition) is 4. The van der Waals surface area contributed by atoms with Crippen LogP contribution in [0, 0.1) is 0 Å². The van der Waals surface area contributed by atoms with E-state index in [1.54, 1.807) is 0 Å². The topological polar surface area (TPSA) is 59.6 Å². The zero-order valence-electron chi connectivity index (χ0n) is 11.6. The smallest absolute Gasteiger partial charge is 0.226 e. The molecule has 0 saturated heterocycles. The first kappa shape index (κ1) is 16.8. The van der Waals surface area contributed by atoms with E-state index in [1.165, 1.54) is 0 Å². The summed E-state index contributed by atoms with van der Waals surface area (Å²) in [6.45, 7) is 5.28. The van der Waals surface area contributed by atoms with Crippen LogP contribution >= 0.6 is 12.4 Å². The molecular formula is C14H21ClN2O3. The van der Waals surface area contributed by atoms with Gasteiger partial charge in [0.05, 0.1) is 13.0 Å². The van der Waals surface area contributed by atoms with Crippen LogP contribution in [0.2, 0.25) is 0 Å². The second-order valence-corrected chi connectivity index (χ2v) is 4.34. The maximum absolute atomic E-state index is 11.7. The van der Waals surface area contributed by atoms with Crippen molar-refractivity contribution in [1.82, 2.24) is 5.32 Å². The van der Waals surface area contributed by atoms with E-state index < -0.39 is 0 Å². The lowest BCUT2D eigenvalue weighted by atomic mass is 10.1. The minimum atomic E-state index is -0.0316. The Bertz CT molecular complexity index is 440. The first-order valence-electron chi connectivity index (χ1n) is 6.63. The van der Waals surface area contributed by atoms with Crippen LogP contribution in [-0.4, -0.2) is 32.3 Å². The summed E-state index contributed by atoms with van der Waals surface area (Å²) in [5.41, 5.74) is 1.87. The Labute approximate surface area is 125 Å². The third-order valence-corrected chi connectivity index (χ3v) is 2.87. The van der Waals surface area contributed by atoms with Crippen LogP contribution in [0.5, 0.6) is 5.75 Å². The normalized spacial score (nSPS) is 13.4. The number of fused-ring (bicyclic) bond motifs is 1. The molecule has 1 aliphatic rings. The van der Waals surface area contributed by atoms with Crippen molar-refractivity contribution in [3.8, 4) is 5.75 Å². The summed E-state index contributed by atoms with van der Waals surface area (Å²) in [4.78, 5) is 11.7. The highest BCUT2D eigenvalue weighted by Crippen LogP contribution is 2.24. The predicted molar refractivity (Wildman–Crippen MR) is 80.6 cm³/mol. The molecule has 2 N–H and O–H groups in total. The quantitative estimate of drug-likeness (QED) is 0.816. The highest BCUT2D eigenvalue weighted by Gasteiger charge is 2.10. The van der Waals surface area contributed by atoms with E-state index in [2.05, 4.69) is 10.6 Å². The number of nitrogens with one attached hydrogen (secondary N) is 2. The molecule has 112 valence electrons. The molecule has 0 atom stereocenters. The van der Waals surface area contributed by atoms with Gasteiger partial charge in [0.2, 0.25) is 5.91 Å². The fourth-order valence-electron chi connectivity index (χ4n) is 1.93. The van der Waals surface area contributed by atoms with Crippen LogP contribution in [0.3, 0.4) is 0 Å². The van der Waals surface area contributed by atoms with Crippen molar-refractivity contribution in [3.63, 3.8) is 0 Å². The van der Waals surface area contributed by atoms with E-state index in [4.69, 9.17) is 9.47 Å². The molecule has 0 radical (unpaired) electrons. The average molecular weight is 301 g/mol. The third kappa shape index (κ3) is 5.00. The van der Waals surface area contributed by atoms with Crippen LogP contribution in [0.1, 0.15) is 18.9 Å². The predicted octanol–water partition coefficient (Wildman–Crippen LogP) is 1.96. The van der Waals surface area contributed by atoms with Gasteiger partial charge in [-0.1, -0.05) is 0 Å². The molecule has 0 bridgehead atoms. The average Bonchev–Trinajstić information content (AvgIpc) is 2.63. The molecule has 1 heterocycles. The van der Waals surface area contributed by atoms with Crippen molar-refractivity contribution in [2.75, 3.05) is 31.7 Å². The van der Waals surface area contributed by atoms with Gasteiger partial charge in [-0.05, 0) is 25.1 Å². The number of hydrogen-bond donors (Lipinski definition) is 2. The number of halogens is 1. The van der Waals surface area contributed by atoms with Crippen molar-refractivity contribution in [1.29, 1.82) is 0 Å². The highest BCUT2D eigenvalue weighted by molar-refractivity contribution is 5.90. The lowest BCUT2D eigenvalue weighted by Crippen LogP contribution is -2.16. The molecule has 1 aromatic rings. The van der Waals surface area contributed by atoms with Crippen LogP contribution in [0.15, 0.2) is 18.2 Å². The summed E-state index contributed by atoms with van der Waals surface area (Å²) in [5.74, 6) is 0.855. The minimum absolute atomic E-state index is 0. The standard InChI is InChI=1S/C14H20N2O3.ClH/c1-2-18-7-5-14(17)16-12-3-4-13-11(9-12)10-15-6-8-19-13;/h3-4,9,15H,2,5-8,10H2,1H3,(H,16,17);1H. The number of carbonyl (C=O) groups is 1. The van der Waals surface area contributed by atoms with Crippen molar-refractivity contribution >= 4 is 24.0 Å². The third-order valence-electron chi connectivity index (χ3n) is 2.87. The second-order valence-electron chi connectivity index (χ2n) is 4.34. The van der Waals surface area contributed by atoms with E-state index in [0.717, 1.165) is 30.1 Å². The molecule has 0 unspecified atom stereocenters. The fraction of sp³-hybridized carbons (Fsp3) is 0.500. The van der Waals surface area contributed by atoms with Crippen molar-refractivity contribution < 1.29 is 14.3 Å². The van der Waals surface area contributed by atoms with Gasteiger partial charge in [-0.3, -0.25) is 4.79 Å². The van der Waals surface area contributed by atoms with E-state index in [1.807, 2.05) is 25.1 Å². The molecule has 2 rings (SSSR count). The zero-order chi connectivity index (χ0) is 13.5. The number of benzene rings is 1. The fourth-order valence-corrected chi connectivity index (χ4v) is 1.93. The van der Waals surface area contributed by atoms with E-state index in [0.29, 0.717) is 26.2 Å². The highest BCUT2D eigenvalue weighted by atomic mass is 35.5. The van der Waals surface area contributed by atoms with Gasteiger partial charge >= 0.3 is 0 Å². The molecule has 1 amide bonds. The molecule has 0 spiro atoms. The van der Waals surface area contributed by atoms with Gasteiger partial charge < -0.3 is 20.1 Å². The lowest BCUT2D eigenvalue weighted by molar-refractivity contribution is -0.117.